The van der Waals surface area contributed by atoms with Crippen molar-refractivity contribution in [1.82, 2.24) is 4.90 Å². The van der Waals surface area contributed by atoms with E-state index < -0.39 is 0 Å². The smallest absolute Gasteiger partial charge is 0.254 e. The molecule has 2 aromatic carbocycles. The quantitative estimate of drug-likeness (QED) is 0.801. The minimum Gasteiger partial charge on any atom is -0.337 e. The van der Waals surface area contributed by atoms with Crippen LogP contribution in [0.4, 0.5) is 0 Å². The third kappa shape index (κ3) is 2.06. The molecule has 0 saturated heterocycles. The fraction of sp³-hybridized carbons (Fsp3) is 0.118. The number of hydrogen-bond acceptors (Lipinski definition) is 1. The molecule has 0 spiro atoms. The van der Waals surface area contributed by atoms with E-state index in [0.29, 0.717) is 6.54 Å². The molecule has 0 bridgehead atoms. The van der Waals surface area contributed by atoms with Crippen LogP contribution in [0.2, 0.25) is 0 Å². The number of hydrogen-bond donors (Lipinski definition) is 0. The zero-order valence-corrected chi connectivity index (χ0v) is 10.8. The lowest BCUT2D eigenvalue weighted by Gasteiger charge is -2.08. The van der Waals surface area contributed by atoms with Crippen LogP contribution >= 0.6 is 0 Å². The number of nitrogens with zero attached hydrogens (tertiary/aromatic N) is 1. The Kier molecular flexibility index (Phi) is 2.92. The summed E-state index contributed by atoms with van der Waals surface area (Å²) in [5.41, 5.74) is 4.06. The monoisotopic (exact) mass is 249 g/mol. The van der Waals surface area contributed by atoms with Gasteiger partial charge in [0.2, 0.25) is 0 Å². The summed E-state index contributed by atoms with van der Waals surface area (Å²) >= 11 is 0. The maximum atomic E-state index is 12.4. The van der Waals surface area contributed by atoms with Gasteiger partial charge < -0.3 is 4.90 Å². The lowest BCUT2D eigenvalue weighted by Crippen LogP contribution is -2.21. The lowest BCUT2D eigenvalue weighted by atomic mass is 9.97. The molecular weight excluding hydrogens is 234 g/mol. The van der Waals surface area contributed by atoms with Gasteiger partial charge in [-0.3, -0.25) is 4.79 Å². The van der Waals surface area contributed by atoms with Crippen LogP contribution in [0.15, 0.2) is 60.7 Å². The van der Waals surface area contributed by atoms with Crippen molar-refractivity contribution in [3.63, 3.8) is 0 Å². The van der Waals surface area contributed by atoms with E-state index in [9.17, 15) is 4.79 Å². The number of benzene rings is 2. The normalized spacial score (nSPS) is 15.2. The predicted octanol–water partition coefficient (Wildman–Crippen LogP) is 3.07. The summed E-state index contributed by atoms with van der Waals surface area (Å²) in [5, 5.41) is 0. The summed E-state index contributed by atoms with van der Waals surface area (Å²) in [4.78, 5) is 14.1. The van der Waals surface area contributed by atoms with Gasteiger partial charge in [0.25, 0.3) is 5.91 Å². The molecule has 3 rings (SSSR count). The summed E-state index contributed by atoms with van der Waals surface area (Å²) in [7, 11) is 1.85. The summed E-state index contributed by atoms with van der Waals surface area (Å²) in [6.07, 6.45) is 0. The van der Waals surface area contributed by atoms with E-state index in [2.05, 4.69) is 12.1 Å². The average Bonchev–Trinajstić information content (AvgIpc) is 2.77. The maximum absolute atomic E-state index is 12.4. The van der Waals surface area contributed by atoms with Crippen molar-refractivity contribution < 1.29 is 4.79 Å². The van der Waals surface area contributed by atoms with Gasteiger partial charge in [0.05, 0.1) is 5.57 Å². The van der Waals surface area contributed by atoms with Crippen LogP contribution in [-0.2, 0) is 4.79 Å². The van der Waals surface area contributed by atoms with Crippen LogP contribution in [0.25, 0.3) is 11.1 Å². The molecular formula is C17H15NO. The Labute approximate surface area is 113 Å². The Morgan fingerprint density at radius 1 is 0.842 bits per heavy atom. The number of rotatable bonds is 2. The molecule has 19 heavy (non-hydrogen) atoms. The van der Waals surface area contributed by atoms with Gasteiger partial charge in [0, 0.05) is 13.6 Å². The van der Waals surface area contributed by atoms with Gasteiger partial charge in [-0.15, -0.1) is 0 Å². The fourth-order valence-corrected chi connectivity index (χ4v) is 2.49. The topological polar surface area (TPSA) is 20.3 Å². The molecule has 0 fully saturated rings. The Balaban J connectivity index is 2.17. The van der Waals surface area contributed by atoms with Crippen LogP contribution < -0.4 is 0 Å². The highest BCUT2D eigenvalue weighted by Gasteiger charge is 2.29. The van der Waals surface area contributed by atoms with Crippen LogP contribution in [0, 0.1) is 0 Å². The highest BCUT2D eigenvalue weighted by Crippen LogP contribution is 2.33. The number of carbonyl (C=O) groups is 1. The summed E-state index contributed by atoms with van der Waals surface area (Å²) in [6, 6.07) is 20.0. The summed E-state index contributed by atoms with van der Waals surface area (Å²) < 4.78 is 0. The van der Waals surface area contributed by atoms with Crippen molar-refractivity contribution in [2.24, 2.45) is 0 Å². The van der Waals surface area contributed by atoms with E-state index in [4.69, 9.17) is 0 Å². The SMILES string of the molecule is CN1CC(c2ccccc2)=C(c2ccccc2)C1=O. The second-order valence-electron chi connectivity index (χ2n) is 4.75. The Morgan fingerprint density at radius 2 is 1.37 bits per heavy atom. The molecule has 1 aliphatic heterocycles. The van der Waals surface area contributed by atoms with Crippen LogP contribution in [-0.4, -0.2) is 24.4 Å². The van der Waals surface area contributed by atoms with Crippen molar-refractivity contribution in [2.45, 2.75) is 0 Å². The minimum absolute atomic E-state index is 0.102. The molecule has 0 radical (unpaired) electrons. The first-order valence-corrected chi connectivity index (χ1v) is 6.37. The van der Waals surface area contributed by atoms with E-state index in [-0.39, 0.29) is 5.91 Å². The highest BCUT2D eigenvalue weighted by molar-refractivity contribution is 6.30. The molecule has 94 valence electrons. The molecule has 0 unspecified atom stereocenters. The van der Waals surface area contributed by atoms with Crippen molar-refractivity contribution in [2.75, 3.05) is 13.6 Å². The predicted molar refractivity (Wildman–Crippen MR) is 77.3 cm³/mol. The van der Waals surface area contributed by atoms with Crippen molar-refractivity contribution in [3.8, 4) is 0 Å². The second kappa shape index (κ2) is 4.73. The molecule has 0 saturated carbocycles. The van der Waals surface area contributed by atoms with Gasteiger partial charge in [-0.1, -0.05) is 60.7 Å². The van der Waals surface area contributed by atoms with Gasteiger partial charge in [-0.25, -0.2) is 0 Å². The number of carbonyl (C=O) groups excluding carboxylic acids is 1. The first-order chi connectivity index (χ1) is 9.27. The molecule has 1 aliphatic rings. The van der Waals surface area contributed by atoms with Gasteiger partial charge in [-0.05, 0) is 16.7 Å². The average molecular weight is 249 g/mol. The molecule has 0 aromatic heterocycles. The third-order valence-corrected chi connectivity index (χ3v) is 3.44. The molecule has 1 heterocycles. The molecule has 2 aromatic rings. The zero-order valence-electron chi connectivity index (χ0n) is 10.8. The van der Waals surface area contributed by atoms with Crippen LogP contribution in [0.5, 0.6) is 0 Å². The van der Waals surface area contributed by atoms with Gasteiger partial charge in [0.15, 0.2) is 0 Å². The molecule has 2 heteroatoms. The Morgan fingerprint density at radius 3 is 1.95 bits per heavy atom. The zero-order chi connectivity index (χ0) is 13.2. The first-order valence-electron chi connectivity index (χ1n) is 6.37. The van der Waals surface area contributed by atoms with Gasteiger partial charge in [0.1, 0.15) is 0 Å². The van der Waals surface area contributed by atoms with Crippen LogP contribution in [0.1, 0.15) is 11.1 Å². The van der Waals surface area contributed by atoms with E-state index in [1.54, 1.807) is 4.90 Å². The summed E-state index contributed by atoms with van der Waals surface area (Å²) in [5.74, 6) is 0.102. The van der Waals surface area contributed by atoms with Crippen molar-refractivity contribution >= 4 is 17.1 Å². The number of likely N-dealkylation sites (N-methyl/N-ethyl adjacent to an activating group) is 1. The largest absolute Gasteiger partial charge is 0.337 e. The van der Waals surface area contributed by atoms with Crippen molar-refractivity contribution in [1.29, 1.82) is 0 Å². The lowest BCUT2D eigenvalue weighted by molar-refractivity contribution is -0.122. The van der Waals surface area contributed by atoms with Crippen molar-refractivity contribution in [3.05, 3.63) is 71.8 Å². The van der Waals surface area contributed by atoms with Crippen LogP contribution in [0.3, 0.4) is 0 Å². The summed E-state index contributed by atoms with van der Waals surface area (Å²) in [6.45, 7) is 0.674. The molecule has 1 amide bonds. The molecule has 0 aliphatic carbocycles. The van der Waals surface area contributed by atoms with E-state index in [0.717, 1.165) is 22.3 Å². The first kappa shape index (κ1) is 11.7. The standard InChI is InChI=1S/C17H15NO/c1-18-12-15(13-8-4-2-5-9-13)16(17(18)19)14-10-6-3-7-11-14/h2-11H,12H2,1H3. The van der Waals surface area contributed by atoms with E-state index >= 15 is 0 Å². The molecule has 2 nitrogen and oxygen atoms in total. The van der Waals surface area contributed by atoms with E-state index in [1.165, 1.54) is 0 Å². The van der Waals surface area contributed by atoms with Gasteiger partial charge >= 0.3 is 0 Å². The third-order valence-electron chi connectivity index (χ3n) is 3.44. The maximum Gasteiger partial charge on any atom is 0.254 e. The Hall–Kier alpha value is -2.35. The number of amides is 1. The van der Waals surface area contributed by atoms with Gasteiger partial charge in [-0.2, -0.15) is 0 Å². The minimum atomic E-state index is 0.102. The molecule has 0 atom stereocenters. The Bertz CT molecular complexity index is 629. The highest BCUT2D eigenvalue weighted by atomic mass is 16.2. The molecule has 0 N–H and O–H groups in total. The van der Waals surface area contributed by atoms with E-state index in [1.807, 2.05) is 55.6 Å². The fourth-order valence-electron chi connectivity index (χ4n) is 2.49. The second-order valence-corrected chi connectivity index (χ2v) is 4.75.